The topological polar surface area (TPSA) is 35.5 Å². The van der Waals surface area contributed by atoms with Crippen LogP contribution in [0.5, 0.6) is 0 Å². The second-order valence-corrected chi connectivity index (χ2v) is 6.26. The highest BCUT2D eigenvalue weighted by Gasteiger charge is 2.26. The summed E-state index contributed by atoms with van der Waals surface area (Å²) in [7, 11) is 0.503. The molecule has 0 bridgehead atoms. The maximum Gasteiger partial charge on any atom is 0.205 e. The van der Waals surface area contributed by atoms with Crippen molar-refractivity contribution in [3.63, 3.8) is 0 Å². The van der Waals surface area contributed by atoms with E-state index in [0.717, 1.165) is 5.75 Å². The zero-order valence-electron chi connectivity index (χ0n) is 8.87. The molecule has 2 heterocycles. The maximum atomic E-state index is 11.7. The molecule has 0 amide bonds. The van der Waals surface area contributed by atoms with Crippen molar-refractivity contribution in [3.05, 3.63) is 12.0 Å². The van der Waals surface area contributed by atoms with Crippen LogP contribution < -0.4 is 0 Å². The van der Waals surface area contributed by atoms with Crippen molar-refractivity contribution < 1.29 is 14.3 Å². The Morgan fingerprint density at radius 3 is 2.80 bits per heavy atom. The minimum atomic E-state index is 0.106. The molecule has 4 heteroatoms. The number of carbonyl (C=O) groups excluding carboxylic acids is 1. The highest BCUT2D eigenvalue weighted by atomic mass is 32.2. The zero-order chi connectivity index (χ0) is 10.5. The molecule has 1 saturated heterocycles. The average Bonchev–Trinajstić information content (AvgIpc) is 2.80. The van der Waals surface area contributed by atoms with Crippen molar-refractivity contribution in [1.82, 2.24) is 0 Å². The van der Waals surface area contributed by atoms with Gasteiger partial charge in [-0.2, -0.15) is 0 Å². The highest BCUT2D eigenvalue weighted by Crippen LogP contribution is 2.16. The Bertz CT molecular complexity index is 257. The second kappa shape index (κ2) is 5.45. The van der Waals surface area contributed by atoms with E-state index < -0.39 is 0 Å². The molecular formula is C11H17O3S+. The third-order valence-electron chi connectivity index (χ3n) is 2.66. The summed E-state index contributed by atoms with van der Waals surface area (Å²) in [6.07, 6.45) is 4.78. The van der Waals surface area contributed by atoms with Gasteiger partial charge < -0.3 is 9.47 Å². The van der Waals surface area contributed by atoms with E-state index in [1.807, 2.05) is 0 Å². The van der Waals surface area contributed by atoms with Crippen LogP contribution in [-0.2, 0) is 25.2 Å². The number of allylic oxidation sites excluding steroid dienone is 1. The number of ketones is 1. The van der Waals surface area contributed by atoms with E-state index in [0.29, 0.717) is 36.3 Å². The predicted molar refractivity (Wildman–Crippen MR) is 60.8 cm³/mol. The number of carbonyl (C=O) groups is 1. The van der Waals surface area contributed by atoms with E-state index in [1.54, 1.807) is 0 Å². The van der Waals surface area contributed by atoms with Crippen LogP contribution in [0.25, 0.3) is 0 Å². The van der Waals surface area contributed by atoms with Crippen molar-refractivity contribution in [2.24, 2.45) is 0 Å². The lowest BCUT2D eigenvalue weighted by Gasteiger charge is -2.13. The summed E-state index contributed by atoms with van der Waals surface area (Å²) in [4.78, 5) is 11.7. The van der Waals surface area contributed by atoms with E-state index in [4.69, 9.17) is 9.47 Å². The third-order valence-corrected chi connectivity index (χ3v) is 5.17. The van der Waals surface area contributed by atoms with Crippen LogP contribution in [-0.4, -0.2) is 36.3 Å². The van der Waals surface area contributed by atoms with Crippen molar-refractivity contribution in [3.8, 4) is 0 Å². The van der Waals surface area contributed by atoms with Gasteiger partial charge in [-0.05, 0) is 23.7 Å². The van der Waals surface area contributed by atoms with E-state index in [1.165, 1.54) is 30.6 Å². The fraction of sp³-hybridized carbons (Fsp3) is 0.727. The van der Waals surface area contributed by atoms with Crippen molar-refractivity contribution in [1.29, 1.82) is 0 Å². The van der Waals surface area contributed by atoms with Crippen LogP contribution in [0.2, 0.25) is 0 Å². The normalized spacial score (nSPS) is 21.7. The van der Waals surface area contributed by atoms with Gasteiger partial charge in [-0.1, -0.05) is 0 Å². The molecule has 2 aliphatic rings. The molecule has 3 nitrogen and oxygen atoms in total. The molecule has 2 rings (SSSR count). The van der Waals surface area contributed by atoms with Gasteiger partial charge >= 0.3 is 0 Å². The first kappa shape index (κ1) is 10.9. The maximum absolute atomic E-state index is 11.7. The molecule has 1 fully saturated rings. The quantitative estimate of drug-likeness (QED) is 0.681. The summed E-state index contributed by atoms with van der Waals surface area (Å²) >= 11 is 0. The largest absolute Gasteiger partial charge is 0.494 e. The molecule has 0 radical (unpaired) electrons. The molecule has 84 valence electrons. The molecule has 0 aromatic carbocycles. The monoisotopic (exact) mass is 229 g/mol. The molecule has 2 aliphatic heterocycles. The lowest BCUT2D eigenvalue weighted by atomic mass is 10.3. The first-order valence-electron chi connectivity index (χ1n) is 5.48. The van der Waals surface area contributed by atoms with Gasteiger partial charge in [-0.25, -0.2) is 0 Å². The number of rotatable bonds is 4. The summed E-state index contributed by atoms with van der Waals surface area (Å²) in [6, 6.07) is 0. The Balaban J connectivity index is 1.73. The zero-order valence-corrected chi connectivity index (χ0v) is 9.68. The average molecular weight is 229 g/mol. The van der Waals surface area contributed by atoms with Crippen molar-refractivity contribution >= 4 is 16.7 Å². The Kier molecular flexibility index (Phi) is 3.94. The lowest BCUT2D eigenvalue weighted by molar-refractivity contribution is -0.119. The molecule has 0 aromatic heterocycles. The van der Waals surface area contributed by atoms with Gasteiger partial charge in [0.1, 0.15) is 36.7 Å². The van der Waals surface area contributed by atoms with Crippen LogP contribution in [0.4, 0.5) is 0 Å². The lowest BCUT2D eigenvalue weighted by Crippen LogP contribution is -2.18. The first-order chi connectivity index (χ1) is 7.36. The van der Waals surface area contributed by atoms with Crippen LogP contribution in [0.1, 0.15) is 19.3 Å². The SMILES string of the molecule is O=C(CC[S+]1CCCC1)C1=COCCO1. The Labute approximate surface area is 93.2 Å². The molecule has 0 atom stereocenters. The highest BCUT2D eigenvalue weighted by molar-refractivity contribution is 7.97. The van der Waals surface area contributed by atoms with E-state index in [9.17, 15) is 4.79 Å². The van der Waals surface area contributed by atoms with Gasteiger partial charge in [-0.3, -0.25) is 4.79 Å². The number of hydrogen-bond donors (Lipinski definition) is 0. The fourth-order valence-electron chi connectivity index (χ4n) is 1.79. The fourth-order valence-corrected chi connectivity index (χ4v) is 4.10. The minimum Gasteiger partial charge on any atom is -0.494 e. The van der Waals surface area contributed by atoms with Crippen LogP contribution in [0.3, 0.4) is 0 Å². The van der Waals surface area contributed by atoms with Gasteiger partial charge in [0.25, 0.3) is 0 Å². The van der Waals surface area contributed by atoms with Crippen molar-refractivity contribution in [2.45, 2.75) is 19.3 Å². The van der Waals surface area contributed by atoms with Crippen LogP contribution >= 0.6 is 0 Å². The molecule has 0 N–H and O–H groups in total. The van der Waals surface area contributed by atoms with Crippen molar-refractivity contribution in [2.75, 3.05) is 30.5 Å². The summed E-state index contributed by atoms with van der Waals surface area (Å²) < 4.78 is 10.3. The Morgan fingerprint density at radius 2 is 2.13 bits per heavy atom. The summed E-state index contributed by atoms with van der Waals surface area (Å²) in [5, 5.41) is 0. The Morgan fingerprint density at radius 1 is 1.33 bits per heavy atom. The van der Waals surface area contributed by atoms with Crippen LogP contribution in [0, 0.1) is 0 Å². The second-order valence-electron chi connectivity index (χ2n) is 3.81. The van der Waals surface area contributed by atoms with E-state index in [-0.39, 0.29) is 5.78 Å². The summed E-state index contributed by atoms with van der Waals surface area (Å²) in [6.45, 7) is 1.06. The number of ether oxygens (including phenoxy) is 2. The predicted octanol–water partition coefficient (Wildman–Crippen LogP) is 1.25. The molecule has 0 aliphatic carbocycles. The molecule has 0 saturated carbocycles. The third kappa shape index (κ3) is 3.16. The summed E-state index contributed by atoms with van der Waals surface area (Å²) in [5.41, 5.74) is 0. The number of hydrogen-bond acceptors (Lipinski definition) is 3. The van der Waals surface area contributed by atoms with E-state index in [2.05, 4.69) is 0 Å². The Hall–Kier alpha value is -0.640. The van der Waals surface area contributed by atoms with Gasteiger partial charge in [0, 0.05) is 0 Å². The minimum absolute atomic E-state index is 0.106. The van der Waals surface area contributed by atoms with E-state index >= 15 is 0 Å². The first-order valence-corrected chi connectivity index (χ1v) is 7.21. The van der Waals surface area contributed by atoms with Crippen LogP contribution in [0.15, 0.2) is 12.0 Å². The van der Waals surface area contributed by atoms with Gasteiger partial charge in [0.2, 0.25) is 5.78 Å². The van der Waals surface area contributed by atoms with Gasteiger partial charge in [0.05, 0.1) is 6.42 Å². The molecule has 0 unspecified atom stereocenters. The molecule has 0 spiro atoms. The smallest absolute Gasteiger partial charge is 0.205 e. The molecular weight excluding hydrogens is 212 g/mol. The number of Topliss-reactive ketones (excluding diaryl/α,β-unsaturated/α-hetero) is 1. The molecule has 15 heavy (non-hydrogen) atoms. The summed E-state index contributed by atoms with van der Waals surface area (Å²) in [5.74, 6) is 4.21. The molecule has 0 aromatic rings. The van der Waals surface area contributed by atoms with Gasteiger partial charge in [0.15, 0.2) is 5.76 Å². The standard InChI is InChI=1S/C11H17O3S/c12-10(11-9-13-4-5-14-11)3-8-15-6-1-2-7-15/h9H,1-8H2/q+1. The van der Waals surface area contributed by atoms with Gasteiger partial charge in [-0.15, -0.1) is 0 Å².